The van der Waals surface area contributed by atoms with Crippen molar-refractivity contribution in [2.45, 2.75) is 19.4 Å². The highest BCUT2D eigenvalue weighted by atomic mass is 79.9. The molecule has 0 aromatic heterocycles. The topological polar surface area (TPSA) is 49.3 Å². The minimum Gasteiger partial charge on any atom is -0.507 e. The number of aromatic hydroxyl groups is 1. The molecule has 0 saturated heterocycles. The van der Waals surface area contributed by atoms with Gasteiger partial charge in [0.15, 0.2) is 0 Å². The van der Waals surface area contributed by atoms with E-state index in [0.717, 1.165) is 6.07 Å². The largest absolute Gasteiger partial charge is 0.507 e. The number of carbonyl (C=O) groups excluding carboxylic acids is 1. The van der Waals surface area contributed by atoms with Gasteiger partial charge in [-0.25, -0.2) is 4.39 Å². The van der Waals surface area contributed by atoms with Crippen LogP contribution in [0.3, 0.4) is 0 Å². The highest BCUT2D eigenvalue weighted by Gasteiger charge is 2.23. The Labute approximate surface area is 102 Å². The number of hydrogen-bond donors (Lipinski definition) is 2. The third kappa shape index (κ3) is 2.95. The smallest absolute Gasteiger partial charge is 0.258 e. The van der Waals surface area contributed by atoms with Crippen molar-refractivity contribution in [2.24, 2.45) is 0 Å². The van der Waals surface area contributed by atoms with E-state index in [1.165, 1.54) is 12.1 Å². The molecule has 5 heteroatoms. The Bertz CT molecular complexity index is 387. The van der Waals surface area contributed by atoms with Crippen LogP contribution in [0.5, 0.6) is 5.75 Å². The van der Waals surface area contributed by atoms with Crippen LogP contribution in [0.4, 0.5) is 4.39 Å². The quantitative estimate of drug-likeness (QED) is 0.840. The van der Waals surface area contributed by atoms with Crippen LogP contribution in [0.2, 0.25) is 0 Å². The molecule has 0 bridgehead atoms. The number of rotatable bonds is 3. The predicted octanol–water partition coefficient (Wildman–Crippen LogP) is 2.43. The summed E-state index contributed by atoms with van der Waals surface area (Å²) >= 11 is 3.24. The first-order chi connectivity index (χ1) is 7.37. The van der Waals surface area contributed by atoms with Gasteiger partial charge in [-0.1, -0.05) is 22.0 Å². The first-order valence-corrected chi connectivity index (χ1v) is 5.85. The van der Waals surface area contributed by atoms with Gasteiger partial charge in [0.25, 0.3) is 5.91 Å². The molecule has 0 fully saturated rings. The molecule has 0 spiro atoms. The fraction of sp³-hybridized carbons (Fsp3) is 0.364. The molecule has 0 aliphatic heterocycles. The molecule has 1 aromatic carbocycles. The minimum absolute atomic E-state index is 0.323. The Morgan fingerprint density at radius 1 is 1.56 bits per heavy atom. The second kappa shape index (κ2) is 4.82. The SMILES string of the molecule is CC(C)(CBr)NC(=O)c1c(O)cccc1F. The molecule has 1 aromatic rings. The van der Waals surface area contributed by atoms with Crippen molar-refractivity contribution in [2.75, 3.05) is 5.33 Å². The van der Waals surface area contributed by atoms with E-state index in [0.29, 0.717) is 5.33 Å². The van der Waals surface area contributed by atoms with Crippen molar-refractivity contribution in [3.8, 4) is 5.75 Å². The molecule has 16 heavy (non-hydrogen) atoms. The average Bonchev–Trinajstić information content (AvgIpc) is 2.16. The standard InChI is InChI=1S/C11H13BrFNO2/c1-11(2,6-12)14-10(16)9-7(13)4-3-5-8(9)15/h3-5,15H,6H2,1-2H3,(H,14,16). The normalized spacial score (nSPS) is 11.2. The van der Waals surface area contributed by atoms with Crippen LogP contribution >= 0.6 is 15.9 Å². The molecule has 0 unspecified atom stereocenters. The van der Waals surface area contributed by atoms with E-state index in [1.807, 2.05) is 0 Å². The summed E-state index contributed by atoms with van der Waals surface area (Å²) in [5.74, 6) is -1.72. The van der Waals surface area contributed by atoms with Gasteiger partial charge in [0.2, 0.25) is 0 Å². The van der Waals surface area contributed by atoms with Crippen molar-refractivity contribution < 1.29 is 14.3 Å². The van der Waals surface area contributed by atoms with Gasteiger partial charge in [-0.15, -0.1) is 0 Å². The predicted molar refractivity (Wildman–Crippen MR) is 63.4 cm³/mol. The Morgan fingerprint density at radius 3 is 2.69 bits per heavy atom. The van der Waals surface area contributed by atoms with Crippen LogP contribution in [0.1, 0.15) is 24.2 Å². The average molecular weight is 290 g/mol. The highest BCUT2D eigenvalue weighted by molar-refractivity contribution is 9.09. The van der Waals surface area contributed by atoms with Gasteiger partial charge in [-0.2, -0.15) is 0 Å². The fourth-order valence-electron chi connectivity index (χ4n) is 1.14. The fourth-order valence-corrected chi connectivity index (χ4v) is 1.28. The summed E-state index contributed by atoms with van der Waals surface area (Å²) in [5.41, 5.74) is -0.831. The molecule has 0 heterocycles. The lowest BCUT2D eigenvalue weighted by atomic mass is 10.1. The molecule has 0 aliphatic rings. The lowest BCUT2D eigenvalue weighted by Crippen LogP contribution is -2.45. The van der Waals surface area contributed by atoms with Gasteiger partial charge in [0, 0.05) is 10.9 Å². The summed E-state index contributed by atoms with van der Waals surface area (Å²) in [6.07, 6.45) is 0. The number of carbonyl (C=O) groups is 1. The van der Waals surface area contributed by atoms with Crippen LogP contribution in [0.15, 0.2) is 18.2 Å². The van der Waals surface area contributed by atoms with Crippen molar-refractivity contribution in [1.82, 2.24) is 5.32 Å². The summed E-state index contributed by atoms with van der Waals surface area (Å²) in [7, 11) is 0. The third-order valence-electron chi connectivity index (χ3n) is 2.00. The number of halogens is 2. The monoisotopic (exact) mass is 289 g/mol. The Hall–Kier alpha value is -1.10. The number of benzene rings is 1. The second-order valence-electron chi connectivity index (χ2n) is 4.11. The Morgan fingerprint density at radius 2 is 2.19 bits per heavy atom. The van der Waals surface area contributed by atoms with Crippen molar-refractivity contribution in [1.29, 1.82) is 0 Å². The summed E-state index contributed by atoms with van der Waals surface area (Å²) in [4.78, 5) is 11.7. The zero-order valence-corrected chi connectivity index (χ0v) is 10.6. The van der Waals surface area contributed by atoms with Crippen LogP contribution in [-0.4, -0.2) is 21.9 Å². The molecule has 1 amide bonds. The Kier molecular flexibility index (Phi) is 3.91. The molecule has 0 aliphatic carbocycles. The Balaban J connectivity index is 2.98. The number of nitrogens with one attached hydrogen (secondary N) is 1. The first-order valence-electron chi connectivity index (χ1n) is 4.73. The number of hydrogen-bond acceptors (Lipinski definition) is 2. The molecule has 88 valence electrons. The molecular weight excluding hydrogens is 277 g/mol. The van der Waals surface area contributed by atoms with Crippen LogP contribution < -0.4 is 5.32 Å². The van der Waals surface area contributed by atoms with Crippen molar-refractivity contribution >= 4 is 21.8 Å². The minimum atomic E-state index is -0.733. The van der Waals surface area contributed by atoms with Crippen LogP contribution in [-0.2, 0) is 0 Å². The van der Waals surface area contributed by atoms with Crippen molar-refractivity contribution in [3.63, 3.8) is 0 Å². The molecule has 0 saturated carbocycles. The molecule has 3 nitrogen and oxygen atoms in total. The van der Waals surface area contributed by atoms with E-state index in [-0.39, 0.29) is 11.3 Å². The van der Waals surface area contributed by atoms with E-state index in [2.05, 4.69) is 21.2 Å². The number of phenolic OH excluding ortho intramolecular Hbond substituents is 1. The van der Waals surface area contributed by atoms with E-state index < -0.39 is 17.3 Å². The maximum Gasteiger partial charge on any atom is 0.258 e. The summed E-state index contributed by atoms with van der Waals surface area (Å²) in [5, 5.41) is 12.6. The van der Waals surface area contributed by atoms with E-state index in [1.54, 1.807) is 13.8 Å². The summed E-state index contributed by atoms with van der Waals surface area (Å²) in [6, 6.07) is 3.76. The first kappa shape index (κ1) is 13.0. The van der Waals surface area contributed by atoms with Crippen molar-refractivity contribution in [3.05, 3.63) is 29.6 Å². The second-order valence-corrected chi connectivity index (χ2v) is 4.67. The molecule has 0 atom stereocenters. The number of amides is 1. The van der Waals surface area contributed by atoms with Gasteiger partial charge < -0.3 is 10.4 Å². The lowest BCUT2D eigenvalue weighted by molar-refractivity contribution is 0.0914. The third-order valence-corrected chi connectivity index (χ3v) is 3.41. The number of phenols is 1. The lowest BCUT2D eigenvalue weighted by Gasteiger charge is -2.23. The van der Waals surface area contributed by atoms with Gasteiger partial charge >= 0.3 is 0 Å². The van der Waals surface area contributed by atoms with Gasteiger partial charge in [-0.3, -0.25) is 4.79 Å². The van der Waals surface area contributed by atoms with Crippen LogP contribution in [0.25, 0.3) is 0 Å². The maximum atomic E-state index is 13.3. The zero-order valence-electron chi connectivity index (χ0n) is 9.05. The highest BCUT2D eigenvalue weighted by Crippen LogP contribution is 2.20. The number of alkyl halides is 1. The summed E-state index contributed by atoms with van der Waals surface area (Å²) < 4.78 is 13.3. The van der Waals surface area contributed by atoms with Crippen LogP contribution in [0, 0.1) is 5.82 Å². The van der Waals surface area contributed by atoms with E-state index in [9.17, 15) is 14.3 Å². The zero-order chi connectivity index (χ0) is 12.3. The van der Waals surface area contributed by atoms with Gasteiger partial charge in [0.05, 0.1) is 0 Å². The summed E-state index contributed by atoms with van der Waals surface area (Å²) in [6.45, 7) is 3.58. The molecule has 2 N–H and O–H groups in total. The molecule has 0 radical (unpaired) electrons. The molecule has 1 rings (SSSR count). The van der Waals surface area contributed by atoms with E-state index in [4.69, 9.17) is 0 Å². The van der Waals surface area contributed by atoms with Gasteiger partial charge in [0.1, 0.15) is 17.1 Å². The van der Waals surface area contributed by atoms with Gasteiger partial charge in [-0.05, 0) is 26.0 Å². The molecular formula is C11H13BrFNO2. The maximum absolute atomic E-state index is 13.3. The van der Waals surface area contributed by atoms with E-state index >= 15 is 0 Å².